The number of hydrogen-bond acceptors (Lipinski definition) is 3. The topological polar surface area (TPSA) is 61.4 Å². The van der Waals surface area contributed by atoms with Crippen molar-refractivity contribution in [1.82, 2.24) is 10.2 Å². The zero-order chi connectivity index (χ0) is 18.4. The predicted molar refractivity (Wildman–Crippen MR) is 103 cm³/mol. The molecule has 5 nitrogen and oxygen atoms in total. The maximum Gasteiger partial charge on any atom is 0.253 e. The van der Waals surface area contributed by atoms with E-state index in [0.717, 1.165) is 42.7 Å². The summed E-state index contributed by atoms with van der Waals surface area (Å²) in [4.78, 5) is 26.2. The normalized spacial score (nSPS) is 13.5. The third kappa shape index (κ3) is 4.63. The minimum absolute atomic E-state index is 0.0644. The summed E-state index contributed by atoms with van der Waals surface area (Å²) in [6.45, 7) is 4.39. The van der Waals surface area contributed by atoms with Gasteiger partial charge in [0.05, 0.1) is 6.54 Å². The van der Waals surface area contributed by atoms with Crippen LogP contribution >= 0.6 is 0 Å². The molecular weight excluding hydrogens is 326 g/mol. The molecule has 5 heteroatoms. The summed E-state index contributed by atoms with van der Waals surface area (Å²) in [6.07, 6.45) is 2.18. The Bertz CT molecular complexity index is 765. The second kappa shape index (κ2) is 8.52. The second-order valence-electron chi connectivity index (χ2n) is 6.64. The molecule has 1 saturated heterocycles. The summed E-state index contributed by atoms with van der Waals surface area (Å²) in [5.74, 6) is 0.0333. The van der Waals surface area contributed by atoms with Crippen molar-refractivity contribution in [2.45, 2.75) is 26.3 Å². The number of amides is 2. The second-order valence-corrected chi connectivity index (χ2v) is 6.64. The van der Waals surface area contributed by atoms with Crippen molar-refractivity contribution in [3.63, 3.8) is 0 Å². The molecule has 0 aromatic heterocycles. The molecule has 0 atom stereocenters. The van der Waals surface area contributed by atoms with E-state index in [0.29, 0.717) is 12.1 Å². The Kier molecular flexibility index (Phi) is 5.89. The van der Waals surface area contributed by atoms with Crippen LogP contribution in [0.2, 0.25) is 0 Å². The highest BCUT2D eigenvalue weighted by atomic mass is 16.2. The quantitative estimate of drug-likeness (QED) is 0.841. The van der Waals surface area contributed by atoms with E-state index in [2.05, 4.69) is 10.6 Å². The van der Waals surface area contributed by atoms with E-state index < -0.39 is 0 Å². The Morgan fingerprint density at radius 1 is 1.00 bits per heavy atom. The smallest absolute Gasteiger partial charge is 0.253 e. The Morgan fingerprint density at radius 2 is 1.69 bits per heavy atom. The highest BCUT2D eigenvalue weighted by molar-refractivity contribution is 5.94. The standard InChI is InChI=1S/C21H25N3O2/c1-16-6-2-3-7-19(16)22-15-20(25)23-14-17-8-10-18(11-9-17)21(26)24-12-4-5-13-24/h2-3,6-11,22H,4-5,12-15H2,1H3,(H,23,25). The van der Waals surface area contributed by atoms with Crippen LogP contribution < -0.4 is 10.6 Å². The molecule has 0 saturated carbocycles. The molecule has 2 aromatic rings. The van der Waals surface area contributed by atoms with Crippen LogP contribution in [0, 0.1) is 6.92 Å². The van der Waals surface area contributed by atoms with E-state index in [4.69, 9.17) is 0 Å². The van der Waals surface area contributed by atoms with Crippen molar-refractivity contribution in [3.8, 4) is 0 Å². The number of hydrogen-bond donors (Lipinski definition) is 2. The Balaban J connectivity index is 1.46. The first-order valence-electron chi connectivity index (χ1n) is 9.08. The van der Waals surface area contributed by atoms with Gasteiger partial charge >= 0.3 is 0 Å². The van der Waals surface area contributed by atoms with Crippen molar-refractivity contribution in [2.75, 3.05) is 25.0 Å². The van der Waals surface area contributed by atoms with Crippen LogP contribution in [0.1, 0.15) is 34.3 Å². The number of rotatable bonds is 6. The zero-order valence-corrected chi connectivity index (χ0v) is 15.1. The van der Waals surface area contributed by atoms with Gasteiger partial charge in [-0.3, -0.25) is 9.59 Å². The lowest BCUT2D eigenvalue weighted by Gasteiger charge is -2.15. The van der Waals surface area contributed by atoms with Crippen LogP contribution in [0.25, 0.3) is 0 Å². The van der Waals surface area contributed by atoms with Gasteiger partial charge in [0.2, 0.25) is 5.91 Å². The van der Waals surface area contributed by atoms with E-state index >= 15 is 0 Å². The molecule has 0 bridgehead atoms. The van der Waals surface area contributed by atoms with Crippen LogP contribution in [0.3, 0.4) is 0 Å². The summed E-state index contributed by atoms with van der Waals surface area (Å²) in [5.41, 5.74) is 3.77. The van der Waals surface area contributed by atoms with Gasteiger partial charge in [-0.15, -0.1) is 0 Å². The minimum atomic E-state index is -0.0644. The molecule has 1 aliphatic heterocycles. The molecule has 2 N–H and O–H groups in total. The highest BCUT2D eigenvalue weighted by Crippen LogP contribution is 2.14. The molecule has 0 spiro atoms. The molecule has 0 radical (unpaired) electrons. The van der Waals surface area contributed by atoms with Crippen LogP contribution in [-0.4, -0.2) is 36.3 Å². The first kappa shape index (κ1) is 18.0. The fourth-order valence-electron chi connectivity index (χ4n) is 3.08. The lowest BCUT2D eigenvalue weighted by Crippen LogP contribution is -2.29. The summed E-state index contributed by atoms with van der Waals surface area (Å²) in [5, 5.41) is 6.04. The zero-order valence-electron chi connectivity index (χ0n) is 15.1. The number of benzene rings is 2. The van der Waals surface area contributed by atoms with E-state index in [1.165, 1.54) is 0 Å². The lowest BCUT2D eigenvalue weighted by atomic mass is 10.1. The predicted octanol–water partition coefficient (Wildman–Crippen LogP) is 2.96. The van der Waals surface area contributed by atoms with Crippen molar-refractivity contribution >= 4 is 17.5 Å². The molecule has 1 aliphatic rings. The number of para-hydroxylation sites is 1. The number of aryl methyl sites for hydroxylation is 1. The monoisotopic (exact) mass is 351 g/mol. The number of likely N-dealkylation sites (tertiary alicyclic amines) is 1. The molecule has 1 heterocycles. The van der Waals surface area contributed by atoms with E-state index in [1.807, 2.05) is 60.4 Å². The van der Waals surface area contributed by atoms with Gasteiger partial charge in [-0.1, -0.05) is 30.3 Å². The van der Waals surface area contributed by atoms with Gasteiger partial charge in [-0.2, -0.15) is 0 Å². The van der Waals surface area contributed by atoms with Gasteiger partial charge in [0.1, 0.15) is 0 Å². The van der Waals surface area contributed by atoms with Gasteiger partial charge in [0.15, 0.2) is 0 Å². The Hall–Kier alpha value is -2.82. The van der Waals surface area contributed by atoms with Crippen LogP contribution in [0.15, 0.2) is 48.5 Å². The van der Waals surface area contributed by atoms with Gasteiger partial charge in [-0.05, 0) is 49.1 Å². The third-order valence-corrected chi connectivity index (χ3v) is 4.67. The van der Waals surface area contributed by atoms with Crippen molar-refractivity contribution in [2.24, 2.45) is 0 Å². The molecule has 2 aromatic carbocycles. The maximum atomic E-state index is 12.3. The van der Waals surface area contributed by atoms with Crippen LogP contribution in [0.4, 0.5) is 5.69 Å². The van der Waals surface area contributed by atoms with Gasteiger partial charge in [-0.25, -0.2) is 0 Å². The average molecular weight is 351 g/mol. The van der Waals surface area contributed by atoms with E-state index in [9.17, 15) is 9.59 Å². The number of anilines is 1. The number of nitrogens with one attached hydrogen (secondary N) is 2. The minimum Gasteiger partial charge on any atom is -0.376 e. The first-order chi connectivity index (χ1) is 12.6. The fourth-order valence-corrected chi connectivity index (χ4v) is 3.08. The van der Waals surface area contributed by atoms with E-state index in [1.54, 1.807) is 0 Å². The highest BCUT2D eigenvalue weighted by Gasteiger charge is 2.19. The van der Waals surface area contributed by atoms with E-state index in [-0.39, 0.29) is 18.4 Å². The SMILES string of the molecule is Cc1ccccc1NCC(=O)NCc1ccc(C(=O)N2CCCC2)cc1. The summed E-state index contributed by atoms with van der Waals surface area (Å²) in [7, 11) is 0. The first-order valence-corrected chi connectivity index (χ1v) is 9.08. The van der Waals surface area contributed by atoms with Gasteiger partial charge in [0.25, 0.3) is 5.91 Å². The number of carbonyl (C=O) groups is 2. The molecule has 2 amide bonds. The summed E-state index contributed by atoms with van der Waals surface area (Å²) < 4.78 is 0. The van der Waals surface area contributed by atoms with Crippen LogP contribution in [-0.2, 0) is 11.3 Å². The fraction of sp³-hybridized carbons (Fsp3) is 0.333. The van der Waals surface area contributed by atoms with Crippen molar-refractivity contribution in [1.29, 1.82) is 0 Å². The van der Waals surface area contributed by atoms with Crippen molar-refractivity contribution in [3.05, 3.63) is 65.2 Å². The molecule has 0 aliphatic carbocycles. The Morgan fingerprint density at radius 3 is 2.38 bits per heavy atom. The van der Waals surface area contributed by atoms with Gasteiger partial charge in [0, 0.05) is 30.9 Å². The lowest BCUT2D eigenvalue weighted by molar-refractivity contribution is -0.119. The van der Waals surface area contributed by atoms with Gasteiger partial charge < -0.3 is 15.5 Å². The third-order valence-electron chi connectivity index (χ3n) is 4.67. The molecule has 0 unspecified atom stereocenters. The number of carbonyl (C=O) groups excluding carboxylic acids is 2. The summed E-state index contributed by atoms with van der Waals surface area (Å²) in [6, 6.07) is 15.4. The molecule has 26 heavy (non-hydrogen) atoms. The molecule has 3 rings (SSSR count). The Labute approximate surface area is 154 Å². The number of nitrogens with zero attached hydrogens (tertiary/aromatic N) is 1. The molecule has 1 fully saturated rings. The summed E-state index contributed by atoms with van der Waals surface area (Å²) >= 11 is 0. The molecule has 136 valence electrons. The van der Waals surface area contributed by atoms with Crippen LogP contribution in [0.5, 0.6) is 0 Å². The largest absolute Gasteiger partial charge is 0.376 e. The maximum absolute atomic E-state index is 12.3. The van der Waals surface area contributed by atoms with Crippen molar-refractivity contribution < 1.29 is 9.59 Å². The molecular formula is C21H25N3O2. The average Bonchev–Trinajstić information content (AvgIpc) is 3.20.